The Morgan fingerprint density at radius 1 is 1.24 bits per heavy atom. The van der Waals surface area contributed by atoms with Crippen LogP contribution in [0.15, 0.2) is 47.4 Å². The molecule has 2 N–H and O–H groups in total. The standard InChI is InChI=1S/C17H19NO2S/c1-19-14-7-6-12(9-18)16(8-14)20-10-13-11-21-17-5-3-2-4-15(13)17/h2-8,13H,9-11,18H2,1H3. The summed E-state index contributed by atoms with van der Waals surface area (Å²) in [5.74, 6) is 3.12. The van der Waals surface area contributed by atoms with Gasteiger partial charge in [-0.1, -0.05) is 24.3 Å². The van der Waals surface area contributed by atoms with Crippen molar-refractivity contribution in [2.75, 3.05) is 19.5 Å². The maximum absolute atomic E-state index is 6.04. The first-order valence-corrected chi connectivity index (χ1v) is 8.02. The maximum atomic E-state index is 6.04. The molecule has 110 valence electrons. The van der Waals surface area contributed by atoms with Crippen LogP contribution in [0.1, 0.15) is 17.0 Å². The molecule has 0 fully saturated rings. The van der Waals surface area contributed by atoms with Crippen LogP contribution in [0.2, 0.25) is 0 Å². The third kappa shape index (κ3) is 3.01. The van der Waals surface area contributed by atoms with Gasteiger partial charge in [-0.2, -0.15) is 0 Å². The highest BCUT2D eigenvalue weighted by Crippen LogP contribution is 2.39. The summed E-state index contributed by atoms with van der Waals surface area (Å²) < 4.78 is 11.3. The second-order valence-corrected chi connectivity index (χ2v) is 6.10. The monoisotopic (exact) mass is 301 g/mol. The van der Waals surface area contributed by atoms with Crippen molar-refractivity contribution in [2.24, 2.45) is 5.73 Å². The van der Waals surface area contributed by atoms with E-state index in [-0.39, 0.29) is 0 Å². The van der Waals surface area contributed by atoms with Gasteiger partial charge < -0.3 is 15.2 Å². The number of methoxy groups -OCH3 is 1. The van der Waals surface area contributed by atoms with E-state index >= 15 is 0 Å². The molecule has 0 radical (unpaired) electrons. The Bertz CT molecular complexity index is 630. The largest absolute Gasteiger partial charge is 0.497 e. The van der Waals surface area contributed by atoms with E-state index < -0.39 is 0 Å². The molecule has 1 atom stereocenters. The van der Waals surface area contributed by atoms with Crippen molar-refractivity contribution in [1.29, 1.82) is 0 Å². The molecule has 0 amide bonds. The first kappa shape index (κ1) is 14.3. The fraction of sp³-hybridized carbons (Fsp3) is 0.294. The molecule has 1 unspecified atom stereocenters. The Hall–Kier alpha value is -1.65. The maximum Gasteiger partial charge on any atom is 0.127 e. The molecule has 1 aliphatic heterocycles. The van der Waals surface area contributed by atoms with Crippen LogP contribution in [0.3, 0.4) is 0 Å². The summed E-state index contributed by atoms with van der Waals surface area (Å²) in [7, 11) is 1.66. The summed E-state index contributed by atoms with van der Waals surface area (Å²) in [5.41, 5.74) is 8.18. The lowest BCUT2D eigenvalue weighted by Crippen LogP contribution is -2.11. The smallest absolute Gasteiger partial charge is 0.127 e. The molecule has 0 aliphatic carbocycles. The van der Waals surface area contributed by atoms with Gasteiger partial charge in [0, 0.05) is 34.7 Å². The lowest BCUT2D eigenvalue weighted by Gasteiger charge is -2.15. The third-order valence-electron chi connectivity index (χ3n) is 3.73. The van der Waals surface area contributed by atoms with Crippen LogP contribution in [0, 0.1) is 0 Å². The molecule has 3 rings (SSSR count). The lowest BCUT2D eigenvalue weighted by molar-refractivity contribution is 0.293. The normalized spacial score (nSPS) is 16.6. The number of benzene rings is 2. The Labute approximate surface area is 129 Å². The number of nitrogens with two attached hydrogens (primary N) is 1. The molecule has 1 heterocycles. The number of fused-ring (bicyclic) bond motifs is 1. The van der Waals surface area contributed by atoms with Crippen LogP contribution in [0.4, 0.5) is 0 Å². The van der Waals surface area contributed by atoms with E-state index in [4.69, 9.17) is 15.2 Å². The number of hydrogen-bond acceptors (Lipinski definition) is 4. The highest BCUT2D eigenvalue weighted by Gasteiger charge is 2.23. The fourth-order valence-corrected chi connectivity index (χ4v) is 3.76. The van der Waals surface area contributed by atoms with Gasteiger partial charge in [-0.3, -0.25) is 0 Å². The van der Waals surface area contributed by atoms with Gasteiger partial charge in [0.1, 0.15) is 11.5 Å². The van der Waals surface area contributed by atoms with Crippen molar-refractivity contribution in [1.82, 2.24) is 0 Å². The molecular weight excluding hydrogens is 282 g/mol. The van der Waals surface area contributed by atoms with Crippen molar-refractivity contribution in [3.05, 3.63) is 53.6 Å². The van der Waals surface area contributed by atoms with Gasteiger partial charge in [-0.05, 0) is 17.7 Å². The molecular formula is C17H19NO2S. The van der Waals surface area contributed by atoms with E-state index in [1.54, 1.807) is 7.11 Å². The molecule has 1 aliphatic rings. The minimum Gasteiger partial charge on any atom is -0.497 e. The Morgan fingerprint density at radius 3 is 2.90 bits per heavy atom. The molecule has 2 aromatic carbocycles. The summed E-state index contributed by atoms with van der Waals surface area (Å²) >= 11 is 1.90. The first-order chi connectivity index (χ1) is 10.3. The van der Waals surface area contributed by atoms with Crippen LogP contribution in [0.5, 0.6) is 11.5 Å². The van der Waals surface area contributed by atoms with Crippen molar-refractivity contribution >= 4 is 11.8 Å². The number of rotatable bonds is 5. The van der Waals surface area contributed by atoms with Crippen LogP contribution in [-0.4, -0.2) is 19.5 Å². The van der Waals surface area contributed by atoms with Gasteiger partial charge >= 0.3 is 0 Å². The van der Waals surface area contributed by atoms with E-state index in [2.05, 4.69) is 24.3 Å². The van der Waals surface area contributed by atoms with Crippen LogP contribution >= 0.6 is 11.8 Å². The first-order valence-electron chi connectivity index (χ1n) is 7.03. The van der Waals surface area contributed by atoms with Gasteiger partial charge in [-0.25, -0.2) is 0 Å². The quantitative estimate of drug-likeness (QED) is 0.919. The predicted molar refractivity (Wildman–Crippen MR) is 86.3 cm³/mol. The fourth-order valence-electron chi connectivity index (χ4n) is 2.52. The second kappa shape index (κ2) is 6.41. The average molecular weight is 301 g/mol. The predicted octanol–water partition coefficient (Wildman–Crippen LogP) is 3.42. The van der Waals surface area contributed by atoms with Crippen LogP contribution < -0.4 is 15.2 Å². The lowest BCUT2D eigenvalue weighted by atomic mass is 10.0. The number of hydrogen-bond donors (Lipinski definition) is 1. The highest BCUT2D eigenvalue weighted by atomic mass is 32.2. The van der Waals surface area contributed by atoms with Gasteiger partial charge in [0.05, 0.1) is 13.7 Å². The Morgan fingerprint density at radius 2 is 2.10 bits per heavy atom. The molecule has 0 aromatic heterocycles. The van der Waals surface area contributed by atoms with Gasteiger partial charge in [0.15, 0.2) is 0 Å². The molecule has 4 heteroatoms. The molecule has 0 saturated carbocycles. The van der Waals surface area contributed by atoms with E-state index in [9.17, 15) is 0 Å². The van der Waals surface area contributed by atoms with Crippen molar-refractivity contribution in [2.45, 2.75) is 17.4 Å². The zero-order chi connectivity index (χ0) is 14.7. The topological polar surface area (TPSA) is 44.5 Å². The summed E-state index contributed by atoms with van der Waals surface area (Å²) in [5, 5.41) is 0. The minimum atomic E-state index is 0.433. The summed E-state index contributed by atoms with van der Waals surface area (Å²) in [6, 6.07) is 14.3. The van der Waals surface area contributed by atoms with Crippen LogP contribution in [-0.2, 0) is 6.54 Å². The van der Waals surface area contributed by atoms with Gasteiger partial charge in [0.2, 0.25) is 0 Å². The van der Waals surface area contributed by atoms with Gasteiger partial charge in [0.25, 0.3) is 0 Å². The van der Waals surface area contributed by atoms with Crippen molar-refractivity contribution < 1.29 is 9.47 Å². The number of thioether (sulfide) groups is 1. The molecule has 0 bridgehead atoms. The molecule has 21 heavy (non-hydrogen) atoms. The summed E-state index contributed by atoms with van der Waals surface area (Å²) in [4.78, 5) is 1.37. The molecule has 3 nitrogen and oxygen atoms in total. The Balaban J connectivity index is 1.74. The second-order valence-electron chi connectivity index (χ2n) is 5.03. The van der Waals surface area contributed by atoms with E-state index in [0.29, 0.717) is 19.1 Å². The SMILES string of the molecule is COc1ccc(CN)c(OCC2CSc3ccccc32)c1. The van der Waals surface area contributed by atoms with Crippen molar-refractivity contribution in [3.63, 3.8) is 0 Å². The van der Waals surface area contributed by atoms with Gasteiger partial charge in [-0.15, -0.1) is 11.8 Å². The van der Waals surface area contributed by atoms with Crippen molar-refractivity contribution in [3.8, 4) is 11.5 Å². The molecule has 0 saturated heterocycles. The average Bonchev–Trinajstić information content (AvgIpc) is 2.96. The third-order valence-corrected chi connectivity index (χ3v) is 4.98. The Kier molecular flexibility index (Phi) is 4.36. The molecule has 2 aromatic rings. The highest BCUT2D eigenvalue weighted by molar-refractivity contribution is 7.99. The van der Waals surface area contributed by atoms with E-state index in [1.807, 2.05) is 30.0 Å². The summed E-state index contributed by atoms with van der Waals surface area (Å²) in [6.07, 6.45) is 0. The molecule has 0 spiro atoms. The summed E-state index contributed by atoms with van der Waals surface area (Å²) in [6.45, 7) is 1.14. The zero-order valence-electron chi connectivity index (χ0n) is 12.0. The van der Waals surface area contributed by atoms with Crippen LogP contribution in [0.25, 0.3) is 0 Å². The van der Waals surface area contributed by atoms with E-state index in [0.717, 1.165) is 22.8 Å². The van der Waals surface area contributed by atoms with E-state index in [1.165, 1.54) is 10.5 Å². The zero-order valence-corrected chi connectivity index (χ0v) is 12.9. The number of ether oxygens (including phenoxy) is 2. The minimum absolute atomic E-state index is 0.433.